The lowest BCUT2D eigenvalue weighted by molar-refractivity contribution is -0.140. The first-order valence-corrected chi connectivity index (χ1v) is 9.60. The molecular weight excluding hydrogens is 322 g/mol. The number of nitrogens with zero attached hydrogens (tertiary/aromatic N) is 1. The standard InChI is InChI=1S/C23H27NO2/c1-15-7-9-17(10-8-15)20-14-18-11-12-21(24(18)3)22(20)23(25)26-19-6-4-5-16(2)13-19/h4-9,13,18,21-22H,10-12,14H2,1-3H3/b20-17-. The number of esters is 1. The van der Waals surface area contributed by atoms with Gasteiger partial charge in [0.05, 0.1) is 5.92 Å². The predicted octanol–water partition coefficient (Wildman–Crippen LogP) is 4.59. The van der Waals surface area contributed by atoms with Crippen LogP contribution < -0.4 is 4.74 Å². The van der Waals surface area contributed by atoms with Crippen molar-refractivity contribution in [1.29, 1.82) is 0 Å². The summed E-state index contributed by atoms with van der Waals surface area (Å²) in [6.45, 7) is 4.14. The van der Waals surface area contributed by atoms with E-state index in [9.17, 15) is 4.79 Å². The van der Waals surface area contributed by atoms with E-state index >= 15 is 0 Å². The third-order valence-corrected chi connectivity index (χ3v) is 6.18. The molecule has 1 aliphatic carbocycles. The Kier molecular flexibility index (Phi) is 4.58. The smallest absolute Gasteiger partial charge is 0.320 e. The van der Waals surface area contributed by atoms with Gasteiger partial charge in [-0.2, -0.15) is 0 Å². The topological polar surface area (TPSA) is 29.5 Å². The van der Waals surface area contributed by atoms with Crippen molar-refractivity contribution in [1.82, 2.24) is 4.90 Å². The van der Waals surface area contributed by atoms with Crippen molar-refractivity contribution in [2.45, 2.75) is 51.6 Å². The number of benzene rings is 1. The highest BCUT2D eigenvalue weighted by molar-refractivity contribution is 5.80. The minimum atomic E-state index is -0.161. The summed E-state index contributed by atoms with van der Waals surface area (Å²) >= 11 is 0. The van der Waals surface area contributed by atoms with Gasteiger partial charge in [0.25, 0.3) is 0 Å². The number of rotatable bonds is 2. The van der Waals surface area contributed by atoms with E-state index in [-0.39, 0.29) is 17.9 Å². The van der Waals surface area contributed by atoms with Gasteiger partial charge in [0.1, 0.15) is 5.75 Å². The predicted molar refractivity (Wildman–Crippen MR) is 104 cm³/mol. The summed E-state index contributed by atoms with van der Waals surface area (Å²) in [6.07, 6.45) is 10.8. The minimum Gasteiger partial charge on any atom is -0.426 e. The fourth-order valence-electron chi connectivity index (χ4n) is 4.67. The van der Waals surface area contributed by atoms with Crippen LogP contribution in [0.15, 0.2) is 59.2 Å². The van der Waals surface area contributed by atoms with Crippen LogP contribution in [0.1, 0.15) is 38.2 Å². The zero-order chi connectivity index (χ0) is 18.3. The molecule has 3 heteroatoms. The zero-order valence-electron chi connectivity index (χ0n) is 15.9. The van der Waals surface area contributed by atoms with Crippen molar-refractivity contribution in [2.75, 3.05) is 7.05 Å². The van der Waals surface area contributed by atoms with Gasteiger partial charge in [-0.05, 0) is 75.4 Å². The van der Waals surface area contributed by atoms with Gasteiger partial charge in [0.15, 0.2) is 0 Å². The number of carbonyl (C=O) groups is 1. The highest BCUT2D eigenvalue weighted by Gasteiger charge is 2.47. The molecule has 2 aliphatic heterocycles. The van der Waals surface area contributed by atoms with Gasteiger partial charge in [-0.3, -0.25) is 9.69 Å². The molecule has 1 aromatic rings. The largest absolute Gasteiger partial charge is 0.426 e. The monoisotopic (exact) mass is 349 g/mol. The van der Waals surface area contributed by atoms with Crippen LogP contribution in [0.5, 0.6) is 5.75 Å². The highest BCUT2D eigenvalue weighted by Crippen LogP contribution is 2.44. The molecule has 0 saturated carbocycles. The third-order valence-electron chi connectivity index (χ3n) is 6.18. The molecule has 26 heavy (non-hydrogen) atoms. The maximum absolute atomic E-state index is 13.2. The van der Waals surface area contributed by atoms with Crippen LogP contribution >= 0.6 is 0 Å². The molecule has 2 fully saturated rings. The van der Waals surface area contributed by atoms with Crippen LogP contribution in [-0.2, 0) is 4.79 Å². The molecule has 2 bridgehead atoms. The van der Waals surface area contributed by atoms with Crippen molar-refractivity contribution in [2.24, 2.45) is 5.92 Å². The van der Waals surface area contributed by atoms with E-state index in [1.165, 1.54) is 23.1 Å². The SMILES string of the molecule is CC1=CC/C(=C2/CC3CCC(C2C(=O)Oc2cccc(C)c2)N3C)C=C1. The average Bonchev–Trinajstić information content (AvgIpc) is 2.85. The molecule has 3 nitrogen and oxygen atoms in total. The van der Waals surface area contributed by atoms with E-state index in [1.807, 2.05) is 31.2 Å². The molecule has 0 spiro atoms. The summed E-state index contributed by atoms with van der Waals surface area (Å²) in [5, 5.41) is 0. The van der Waals surface area contributed by atoms with Gasteiger partial charge < -0.3 is 4.74 Å². The average molecular weight is 349 g/mol. The van der Waals surface area contributed by atoms with E-state index in [2.05, 4.69) is 37.1 Å². The van der Waals surface area contributed by atoms with Crippen LogP contribution in [0.3, 0.4) is 0 Å². The second-order valence-electron chi connectivity index (χ2n) is 7.92. The van der Waals surface area contributed by atoms with Crippen molar-refractivity contribution >= 4 is 5.97 Å². The molecule has 1 aromatic carbocycles. The van der Waals surface area contributed by atoms with Crippen LogP contribution in [0.25, 0.3) is 0 Å². The lowest BCUT2D eigenvalue weighted by atomic mass is 9.80. The molecule has 0 radical (unpaired) electrons. The molecule has 4 rings (SSSR count). The Morgan fingerprint density at radius 3 is 2.77 bits per heavy atom. The lowest BCUT2D eigenvalue weighted by Crippen LogP contribution is -2.47. The van der Waals surface area contributed by atoms with Gasteiger partial charge in [0.2, 0.25) is 0 Å². The Balaban J connectivity index is 1.66. The number of piperidine rings is 1. The number of carbonyl (C=O) groups excluding carboxylic acids is 1. The normalized spacial score (nSPS) is 31.0. The molecule has 2 heterocycles. The van der Waals surface area contributed by atoms with Gasteiger partial charge in [-0.15, -0.1) is 0 Å². The third kappa shape index (κ3) is 3.16. The minimum absolute atomic E-state index is 0.102. The number of hydrogen-bond acceptors (Lipinski definition) is 3. The first-order valence-electron chi connectivity index (χ1n) is 9.60. The van der Waals surface area contributed by atoms with Crippen LogP contribution in [0.4, 0.5) is 0 Å². The van der Waals surface area contributed by atoms with Crippen molar-refractivity contribution in [3.8, 4) is 5.75 Å². The van der Waals surface area contributed by atoms with Crippen molar-refractivity contribution < 1.29 is 9.53 Å². The first-order chi connectivity index (χ1) is 12.5. The van der Waals surface area contributed by atoms with E-state index in [0.717, 1.165) is 24.8 Å². The summed E-state index contributed by atoms with van der Waals surface area (Å²) in [5.74, 6) is 0.387. The van der Waals surface area contributed by atoms with E-state index in [4.69, 9.17) is 4.74 Å². The molecule has 0 N–H and O–H groups in total. The van der Waals surface area contributed by atoms with Crippen LogP contribution in [0, 0.1) is 12.8 Å². The summed E-state index contributed by atoms with van der Waals surface area (Å²) in [5.41, 5.74) is 5.01. The summed E-state index contributed by atoms with van der Waals surface area (Å²) in [4.78, 5) is 15.6. The number of allylic oxidation sites excluding steroid dienone is 5. The zero-order valence-corrected chi connectivity index (χ0v) is 15.9. The van der Waals surface area contributed by atoms with Gasteiger partial charge >= 0.3 is 5.97 Å². The Hall–Kier alpha value is -2.13. The second-order valence-corrected chi connectivity index (χ2v) is 7.92. The van der Waals surface area contributed by atoms with Crippen molar-refractivity contribution in [3.63, 3.8) is 0 Å². The second kappa shape index (κ2) is 6.88. The number of ether oxygens (including phenoxy) is 1. The molecule has 3 atom stereocenters. The summed E-state index contributed by atoms with van der Waals surface area (Å²) in [7, 11) is 2.16. The Bertz CT molecular complexity index is 817. The number of fused-ring (bicyclic) bond motifs is 2. The molecule has 136 valence electrons. The quantitative estimate of drug-likeness (QED) is 0.578. The summed E-state index contributed by atoms with van der Waals surface area (Å²) < 4.78 is 5.84. The number of aryl methyl sites for hydroxylation is 1. The fraction of sp³-hybridized carbons (Fsp3) is 0.435. The van der Waals surface area contributed by atoms with Gasteiger partial charge in [-0.1, -0.05) is 35.9 Å². The Labute approximate surface area is 156 Å². The molecule has 3 unspecified atom stereocenters. The van der Waals surface area contributed by atoms with E-state index < -0.39 is 0 Å². The molecule has 3 aliphatic rings. The molecule has 2 saturated heterocycles. The van der Waals surface area contributed by atoms with Crippen molar-refractivity contribution in [3.05, 3.63) is 64.8 Å². The highest BCUT2D eigenvalue weighted by atomic mass is 16.5. The fourth-order valence-corrected chi connectivity index (χ4v) is 4.67. The maximum atomic E-state index is 13.2. The Morgan fingerprint density at radius 2 is 2.04 bits per heavy atom. The maximum Gasteiger partial charge on any atom is 0.320 e. The number of hydrogen-bond donors (Lipinski definition) is 0. The van der Waals surface area contributed by atoms with E-state index in [1.54, 1.807) is 0 Å². The molecule has 0 aromatic heterocycles. The lowest BCUT2D eigenvalue weighted by Gasteiger charge is -2.39. The van der Waals surface area contributed by atoms with Crippen LogP contribution in [0.2, 0.25) is 0 Å². The molecular formula is C23H27NO2. The molecule has 0 amide bonds. The summed E-state index contributed by atoms with van der Waals surface area (Å²) in [6, 6.07) is 8.57. The van der Waals surface area contributed by atoms with Gasteiger partial charge in [0, 0.05) is 12.1 Å². The van der Waals surface area contributed by atoms with Gasteiger partial charge in [-0.25, -0.2) is 0 Å². The van der Waals surface area contributed by atoms with E-state index in [0.29, 0.717) is 11.8 Å². The first kappa shape index (κ1) is 17.3. The Morgan fingerprint density at radius 1 is 1.19 bits per heavy atom. The van der Waals surface area contributed by atoms with Crippen LogP contribution in [-0.4, -0.2) is 30.0 Å².